The first-order chi connectivity index (χ1) is 10.1. The molecule has 7 heteroatoms. The van der Waals surface area contributed by atoms with Crippen molar-refractivity contribution >= 4 is 22.5 Å². The van der Waals surface area contributed by atoms with Gasteiger partial charge in [-0.1, -0.05) is 38.0 Å². The van der Waals surface area contributed by atoms with E-state index in [1.165, 1.54) is 11.3 Å². The number of anilines is 1. The molecule has 1 aliphatic rings. The van der Waals surface area contributed by atoms with Crippen molar-refractivity contribution in [3.05, 3.63) is 5.01 Å². The van der Waals surface area contributed by atoms with Gasteiger partial charge < -0.3 is 10.4 Å². The maximum Gasteiger partial charge on any atom is 0.321 e. The Morgan fingerprint density at radius 3 is 2.71 bits per heavy atom. The number of hydrogen-bond acceptors (Lipinski definition) is 5. The van der Waals surface area contributed by atoms with Crippen LogP contribution in [0, 0.1) is 0 Å². The fourth-order valence-electron chi connectivity index (χ4n) is 2.67. The monoisotopic (exact) mass is 312 g/mol. The molecule has 1 aliphatic carbocycles. The van der Waals surface area contributed by atoms with Crippen molar-refractivity contribution in [1.29, 1.82) is 0 Å². The van der Waals surface area contributed by atoms with E-state index in [0.29, 0.717) is 11.0 Å². The molecule has 1 saturated carbocycles. The van der Waals surface area contributed by atoms with Crippen molar-refractivity contribution < 1.29 is 9.90 Å². The second-order valence-corrected chi connectivity index (χ2v) is 6.52. The van der Waals surface area contributed by atoms with Gasteiger partial charge in [0, 0.05) is 5.92 Å². The zero-order valence-corrected chi connectivity index (χ0v) is 13.4. The predicted molar refractivity (Wildman–Crippen MR) is 83.6 cm³/mol. The van der Waals surface area contributed by atoms with Crippen LogP contribution in [0.3, 0.4) is 0 Å². The first-order valence-electron chi connectivity index (χ1n) is 7.73. The largest absolute Gasteiger partial charge is 0.391 e. The van der Waals surface area contributed by atoms with E-state index in [4.69, 9.17) is 0 Å². The summed E-state index contributed by atoms with van der Waals surface area (Å²) < 4.78 is 0. The van der Waals surface area contributed by atoms with E-state index in [9.17, 15) is 9.90 Å². The molecule has 1 fully saturated rings. The van der Waals surface area contributed by atoms with Gasteiger partial charge in [0.15, 0.2) is 0 Å². The van der Waals surface area contributed by atoms with Crippen molar-refractivity contribution in [2.45, 2.75) is 70.4 Å². The number of aliphatic hydroxyl groups excluding tert-OH is 1. The summed E-state index contributed by atoms with van der Waals surface area (Å²) >= 11 is 1.42. The summed E-state index contributed by atoms with van der Waals surface area (Å²) in [5, 5.41) is 25.0. The van der Waals surface area contributed by atoms with Crippen LogP contribution in [0.15, 0.2) is 0 Å². The Balaban J connectivity index is 1.87. The molecular weight excluding hydrogens is 288 g/mol. The van der Waals surface area contributed by atoms with E-state index in [2.05, 4.69) is 34.7 Å². The molecule has 6 nitrogen and oxygen atoms in total. The molecule has 0 radical (unpaired) electrons. The molecule has 2 atom stereocenters. The van der Waals surface area contributed by atoms with Gasteiger partial charge in [-0.25, -0.2) is 4.79 Å². The number of amides is 2. The topological polar surface area (TPSA) is 87.1 Å². The lowest BCUT2D eigenvalue weighted by Crippen LogP contribution is -2.46. The smallest absolute Gasteiger partial charge is 0.321 e. The van der Waals surface area contributed by atoms with Gasteiger partial charge in [-0.3, -0.25) is 5.32 Å². The van der Waals surface area contributed by atoms with Crippen molar-refractivity contribution in [3.63, 3.8) is 0 Å². The highest BCUT2D eigenvalue weighted by atomic mass is 32.1. The second-order valence-electron chi connectivity index (χ2n) is 5.52. The van der Waals surface area contributed by atoms with Crippen LogP contribution in [0.2, 0.25) is 0 Å². The lowest BCUT2D eigenvalue weighted by atomic mass is 9.93. The quantitative estimate of drug-likeness (QED) is 0.780. The molecule has 0 spiro atoms. The Kier molecular flexibility index (Phi) is 5.93. The highest BCUT2D eigenvalue weighted by Crippen LogP contribution is 2.28. The Labute approximate surface area is 129 Å². The number of nitrogens with one attached hydrogen (secondary N) is 2. The van der Waals surface area contributed by atoms with Crippen molar-refractivity contribution in [2.24, 2.45) is 0 Å². The van der Waals surface area contributed by atoms with Gasteiger partial charge >= 0.3 is 6.03 Å². The molecule has 1 heterocycles. The van der Waals surface area contributed by atoms with E-state index in [1.54, 1.807) is 0 Å². The number of carbonyl (C=O) groups excluding carboxylic acids is 1. The molecule has 0 saturated heterocycles. The first kappa shape index (κ1) is 16.2. The molecule has 0 aliphatic heterocycles. The number of hydrogen-bond donors (Lipinski definition) is 3. The average molecular weight is 312 g/mol. The predicted octanol–water partition coefficient (Wildman–Crippen LogP) is 2.87. The zero-order valence-electron chi connectivity index (χ0n) is 12.6. The summed E-state index contributed by atoms with van der Waals surface area (Å²) in [6.07, 6.45) is 5.23. The van der Waals surface area contributed by atoms with Gasteiger partial charge in [0.25, 0.3) is 0 Å². The van der Waals surface area contributed by atoms with Crippen LogP contribution in [0.25, 0.3) is 0 Å². The molecule has 21 heavy (non-hydrogen) atoms. The second kappa shape index (κ2) is 7.70. The van der Waals surface area contributed by atoms with Crippen LogP contribution in [0.4, 0.5) is 9.93 Å². The Morgan fingerprint density at radius 1 is 1.33 bits per heavy atom. The van der Waals surface area contributed by atoms with E-state index >= 15 is 0 Å². The first-order valence-corrected chi connectivity index (χ1v) is 8.54. The molecule has 1 aromatic rings. The Hall–Kier alpha value is -1.21. The minimum atomic E-state index is -0.445. The Morgan fingerprint density at radius 2 is 2.05 bits per heavy atom. The molecule has 1 aromatic heterocycles. The van der Waals surface area contributed by atoms with Gasteiger partial charge in [-0.15, -0.1) is 10.2 Å². The molecular formula is C14H24N4O2S. The van der Waals surface area contributed by atoms with Crippen molar-refractivity contribution in [3.8, 4) is 0 Å². The average Bonchev–Trinajstić information content (AvgIpc) is 2.91. The number of nitrogens with zero attached hydrogens (tertiary/aromatic N) is 2. The maximum atomic E-state index is 11.9. The van der Waals surface area contributed by atoms with Crippen molar-refractivity contribution in [2.75, 3.05) is 5.32 Å². The summed E-state index contributed by atoms with van der Waals surface area (Å²) in [5.41, 5.74) is 0. The maximum absolute atomic E-state index is 11.9. The van der Waals surface area contributed by atoms with Crippen LogP contribution < -0.4 is 10.6 Å². The minimum absolute atomic E-state index is 0.162. The summed E-state index contributed by atoms with van der Waals surface area (Å²) in [7, 11) is 0. The van der Waals surface area contributed by atoms with E-state index in [1.807, 2.05) is 0 Å². The zero-order chi connectivity index (χ0) is 15.2. The van der Waals surface area contributed by atoms with Gasteiger partial charge in [0.1, 0.15) is 5.01 Å². The van der Waals surface area contributed by atoms with Gasteiger partial charge in [-0.05, 0) is 25.7 Å². The van der Waals surface area contributed by atoms with E-state index in [-0.39, 0.29) is 12.1 Å². The van der Waals surface area contributed by atoms with E-state index in [0.717, 1.165) is 43.5 Å². The molecule has 2 amide bonds. The third-order valence-corrected chi connectivity index (χ3v) is 5.04. The van der Waals surface area contributed by atoms with Gasteiger partial charge in [0.05, 0.1) is 12.1 Å². The van der Waals surface area contributed by atoms with Crippen LogP contribution >= 0.6 is 11.3 Å². The number of rotatable bonds is 5. The molecule has 3 N–H and O–H groups in total. The lowest BCUT2D eigenvalue weighted by Gasteiger charge is -2.28. The minimum Gasteiger partial charge on any atom is -0.391 e. The van der Waals surface area contributed by atoms with Crippen LogP contribution in [0.1, 0.15) is 63.3 Å². The molecule has 0 aromatic carbocycles. The summed E-state index contributed by atoms with van der Waals surface area (Å²) in [6, 6.07) is -0.474. The number of aromatic nitrogens is 2. The van der Waals surface area contributed by atoms with Crippen LogP contribution in [-0.4, -0.2) is 33.5 Å². The SMILES string of the molecule is CCC(CC)c1nnc(NC(=O)NC2CCCCC2O)s1. The summed E-state index contributed by atoms with van der Waals surface area (Å²) in [5.74, 6) is 0.404. The standard InChI is InChI=1S/C14H24N4O2S/c1-3-9(4-2)12-17-18-14(21-12)16-13(20)15-10-7-5-6-8-11(10)19/h9-11,19H,3-8H2,1-2H3,(H2,15,16,18,20). The third kappa shape index (κ3) is 4.38. The van der Waals surface area contributed by atoms with Crippen molar-refractivity contribution in [1.82, 2.24) is 15.5 Å². The molecule has 0 bridgehead atoms. The normalized spacial score (nSPS) is 22.3. The highest BCUT2D eigenvalue weighted by Gasteiger charge is 2.24. The molecule has 2 unspecified atom stereocenters. The van der Waals surface area contributed by atoms with Crippen LogP contribution in [0.5, 0.6) is 0 Å². The number of carbonyl (C=O) groups is 1. The van der Waals surface area contributed by atoms with Crippen LogP contribution in [-0.2, 0) is 0 Å². The Bertz CT molecular complexity index is 462. The summed E-state index contributed by atoms with van der Waals surface area (Å²) in [6.45, 7) is 4.25. The summed E-state index contributed by atoms with van der Waals surface area (Å²) in [4.78, 5) is 11.9. The van der Waals surface area contributed by atoms with E-state index < -0.39 is 6.10 Å². The molecule has 118 valence electrons. The highest BCUT2D eigenvalue weighted by molar-refractivity contribution is 7.15. The molecule has 2 rings (SSSR count). The van der Waals surface area contributed by atoms with Gasteiger partial charge in [-0.2, -0.15) is 0 Å². The lowest BCUT2D eigenvalue weighted by molar-refractivity contribution is 0.0955. The van der Waals surface area contributed by atoms with Gasteiger partial charge in [0.2, 0.25) is 5.13 Å². The number of aliphatic hydroxyl groups is 1. The number of urea groups is 1. The third-order valence-electron chi connectivity index (χ3n) is 4.04. The fourth-order valence-corrected chi connectivity index (χ4v) is 3.67. The fraction of sp³-hybridized carbons (Fsp3) is 0.786.